The van der Waals surface area contributed by atoms with Crippen LogP contribution in [-0.4, -0.2) is 66.1 Å². The summed E-state index contributed by atoms with van der Waals surface area (Å²) in [4.78, 5) is 28.8. The number of para-hydroxylation sites is 2. The van der Waals surface area contributed by atoms with Gasteiger partial charge < -0.3 is 14.2 Å². The fourth-order valence-corrected chi connectivity index (χ4v) is 3.74. The van der Waals surface area contributed by atoms with Gasteiger partial charge in [0.1, 0.15) is 5.57 Å². The number of anilines is 1. The molecule has 0 bridgehead atoms. The second kappa shape index (κ2) is 11.2. The molecule has 0 radical (unpaired) electrons. The van der Waals surface area contributed by atoms with Crippen molar-refractivity contribution in [2.75, 3.05) is 31.3 Å². The number of hydrogen-bond donors (Lipinski definition) is 0. The van der Waals surface area contributed by atoms with Gasteiger partial charge in [-0.3, -0.25) is 19.4 Å². The molecule has 2 heterocycles. The van der Waals surface area contributed by atoms with E-state index in [9.17, 15) is 22.6 Å². The Kier molecular flexibility index (Phi) is 8.91. The van der Waals surface area contributed by atoms with Crippen LogP contribution < -0.4 is 9.64 Å². The molecule has 2 aliphatic heterocycles. The van der Waals surface area contributed by atoms with Crippen LogP contribution in [0.5, 0.6) is 5.75 Å². The van der Waals surface area contributed by atoms with Crippen LogP contribution in [0, 0.1) is 0 Å². The number of hydrogen-bond acceptors (Lipinski definition) is 8. The number of rotatable bonds is 6. The number of thiocarbonyl (C=S) groups is 1. The molecule has 0 aromatic heterocycles. The Labute approximate surface area is 199 Å². The van der Waals surface area contributed by atoms with Crippen LogP contribution in [0.1, 0.15) is 20.3 Å². The molecule has 33 heavy (non-hydrogen) atoms. The Balaban J connectivity index is 0.00000187. The van der Waals surface area contributed by atoms with E-state index in [2.05, 4.69) is 0 Å². The number of allylic oxidation sites excluding steroid dienone is 4. The van der Waals surface area contributed by atoms with Gasteiger partial charge in [-0.1, -0.05) is 38.1 Å². The maximum Gasteiger partial charge on any atom is 0.265 e. The van der Waals surface area contributed by atoms with E-state index < -0.39 is 27.7 Å². The van der Waals surface area contributed by atoms with E-state index in [1.165, 1.54) is 36.0 Å². The van der Waals surface area contributed by atoms with Crippen molar-refractivity contribution in [1.29, 1.82) is 0 Å². The van der Waals surface area contributed by atoms with E-state index in [1.54, 1.807) is 29.2 Å². The molecule has 11 heteroatoms. The third-order valence-electron chi connectivity index (χ3n) is 4.67. The first kappa shape index (κ1) is 26.2. The third kappa shape index (κ3) is 6.28. The van der Waals surface area contributed by atoms with Crippen LogP contribution >= 0.6 is 12.2 Å². The molecule has 1 aromatic carbocycles. The van der Waals surface area contributed by atoms with E-state index in [0.29, 0.717) is 11.6 Å². The monoisotopic (exact) mass is 492 g/mol. The highest BCUT2D eigenvalue weighted by atomic mass is 32.2. The Bertz CT molecular complexity index is 1100. The van der Waals surface area contributed by atoms with Crippen molar-refractivity contribution in [2.24, 2.45) is 0 Å². The molecule has 0 aliphatic carbocycles. The lowest BCUT2D eigenvalue weighted by molar-refractivity contribution is -0.132. The first-order valence-corrected chi connectivity index (χ1v) is 12.3. The number of carbonyl (C=O) groups is 2. The van der Waals surface area contributed by atoms with Crippen LogP contribution in [0.25, 0.3) is 0 Å². The molecule has 178 valence electrons. The van der Waals surface area contributed by atoms with Crippen molar-refractivity contribution in [3.8, 4) is 5.75 Å². The summed E-state index contributed by atoms with van der Waals surface area (Å²) in [5.41, 5.74) is 0.722. The minimum absolute atomic E-state index is 0.0265. The van der Waals surface area contributed by atoms with Gasteiger partial charge in [-0.2, -0.15) is 0 Å². The highest BCUT2D eigenvalue weighted by Crippen LogP contribution is 2.38. The van der Waals surface area contributed by atoms with E-state index in [1.807, 2.05) is 26.0 Å². The van der Waals surface area contributed by atoms with Crippen molar-refractivity contribution in [1.82, 2.24) is 9.80 Å². The Morgan fingerprint density at radius 2 is 1.61 bits per heavy atom. The van der Waals surface area contributed by atoms with Crippen molar-refractivity contribution < 1.29 is 27.3 Å². The lowest BCUT2D eigenvalue weighted by atomic mass is 10.1. The largest absolute Gasteiger partial charge is 0.748 e. The fourth-order valence-electron chi connectivity index (χ4n) is 3.09. The number of carbonyl (C=O) groups excluding carboxylic acids is 2. The molecule has 0 unspecified atom stereocenters. The number of fused-ring (bicyclic) bond motifs is 1. The van der Waals surface area contributed by atoms with E-state index in [-0.39, 0.29) is 23.7 Å². The van der Waals surface area contributed by atoms with Crippen LogP contribution in [0.2, 0.25) is 0 Å². The first-order valence-electron chi connectivity index (χ1n) is 10.3. The van der Waals surface area contributed by atoms with E-state index >= 15 is 0 Å². The van der Waals surface area contributed by atoms with E-state index in [4.69, 9.17) is 17.0 Å². The molecule has 0 N–H and O–H groups in total. The number of amides is 2. The summed E-state index contributed by atoms with van der Waals surface area (Å²) < 4.78 is 38.5. The molecule has 0 saturated carbocycles. The van der Waals surface area contributed by atoms with Gasteiger partial charge in [0.05, 0.1) is 15.8 Å². The van der Waals surface area contributed by atoms with Crippen LogP contribution in [0.3, 0.4) is 0 Å². The predicted octanol–water partition coefficient (Wildman–Crippen LogP) is 2.39. The summed E-state index contributed by atoms with van der Waals surface area (Å²) in [6.07, 6.45) is 6.28. The molecular formula is C22H26N3O6S2-. The van der Waals surface area contributed by atoms with Crippen LogP contribution in [0.4, 0.5) is 5.69 Å². The lowest BCUT2D eigenvalue weighted by Gasteiger charge is -2.31. The summed E-state index contributed by atoms with van der Waals surface area (Å²) in [7, 11) is -1.31. The fraction of sp³-hybridized carbons (Fsp3) is 0.318. The lowest BCUT2D eigenvalue weighted by Crippen LogP contribution is -2.52. The first-order chi connectivity index (χ1) is 15.6. The Hall–Kier alpha value is -3.02. The number of ether oxygens (including phenoxy) is 1. The summed E-state index contributed by atoms with van der Waals surface area (Å²) in [6.45, 7) is 4.27. The number of benzene rings is 1. The standard InChI is InChI=1S/C20H21N3O6S2.C2H6/c1-21-18(24)14(19(25)22(2)20(21)30)8-3-6-11-17-23(12-7-13-31(26,27)28)15-9-4-5-10-16(15)29-17;1-2/h3-6,8-11H,7,12-13H2,1-2H3,(H,26,27,28);1-2H3/p-1/b6-3+,17-11+;. The summed E-state index contributed by atoms with van der Waals surface area (Å²) in [5.74, 6) is -0.435. The van der Waals surface area contributed by atoms with Crippen molar-refractivity contribution in [3.63, 3.8) is 0 Å². The van der Waals surface area contributed by atoms with Crippen LogP contribution in [-0.2, 0) is 19.7 Å². The SMILES string of the molecule is CC.CN1C(=O)C(=C/C=C/C=C2/Oc3ccccc3N2CCCS(=O)(=O)[O-])C(=O)N(C)C1=S. The number of likely N-dealkylation sites (N-methyl/N-ethyl adjacent to an activating group) is 2. The van der Waals surface area contributed by atoms with Gasteiger partial charge in [0.2, 0.25) is 5.88 Å². The number of nitrogens with zero attached hydrogens (tertiary/aromatic N) is 3. The Morgan fingerprint density at radius 1 is 1.03 bits per heavy atom. The average molecular weight is 493 g/mol. The third-order valence-corrected chi connectivity index (χ3v) is 6.01. The maximum atomic E-state index is 12.3. The van der Waals surface area contributed by atoms with Gasteiger partial charge in [-0.25, -0.2) is 8.42 Å². The minimum atomic E-state index is -4.31. The van der Waals surface area contributed by atoms with Gasteiger partial charge in [-0.15, -0.1) is 0 Å². The zero-order valence-corrected chi connectivity index (χ0v) is 20.5. The maximum absolute atomic E-state index is 12.3. The zero-order chi connectivity index (χ0) is 24.8. The Morgan fingerprint density at radius 3 is 2.21 bits per heavy atom. The highest BCUT2D eigenvalue weighted by Gasteiger charge is 2.34. The van der Waals surface area contributed by atoms with Gasteiger partial charge in [0, 0.05) is 26.4 Å². The minimum Gasteiger partial charge on any atom is -0.748 e. The molecule has 1 aromatic rings. The van der Waals surface area contributed by atoms with Crippen molar-refractivity contribution >= 4 is 45.0 Å². The second-order valence-electron chi connectivity index (χ2n) is 6.82. The van der Waals surface area contributed by atoms with Crippen molar-refractivity contribution in [3.05, 3.63) is 60.0 Å². The molecular weight excluding hydrogens is 466 g/mol. The van der Waals surface area contributed by atoms with Gasteiger partial charge >= 0.3 is 0 Å². The molecule has 3 rings (SSSR count). The molecule has 2 amide bonds. The molecule has 0 atom stereocenters. The quantitative estimate of drug-likeness (QED) is 0.258. The molecule has 1 fully saturated rings. The molecule has 2 aliphatic rings. The van der Waals surface area contributed by atoms with Gasteiger partial charge in [0.25, 0.3) is 11.8 Å². The predicted molar refractivity (Wildman–Crippen MR) is 128 cm³/mol. The summed E-state index contributed by atoms with van der Waals surface area (Å²) in [6, 6.07) is 7.22. The summed E-state index contributed by atoms with van der Waals surface area (Å²) in [5, 5.41) is 0.131. The normalized spacial score (nSPS) is 17.4. The smallest absolute Gasteiger partial charge is 0.265 e. The summed E-state index contributed by atoms with van der Waals surface area (Å²) >= 11 is 5.05. The van der Waals surface area contributed by atoms with Crippen molar-refractivity contribution in [2.45, 2.75) is 20.3 Å². The van der Waals surface area contributed by atoms with Gasteiger partial charge in [0.15, 0.2) is 10.9 Å². The second-order valence-corrected chi connectivity index (χ2v) is 8.71. The van der Waals surface area contributed by atoms with Gasteiger partial charge in [-0.05, 0) is 42.9 Å². The van der Waals surface area contributed by atoms with E-state index in [0.717, 1.165) is 5.69 Å². The van der Waals surface area contributed by atoms with Crippen LogP contribution in [0.15, 0.2) is 60.0 Å². The zero-order valence-electron chi connectivity index (χ0n) is 18.8. The molecule has 9 nitrogen and oxygen atoms in total. The molecule has 0 spiro atoms. The molecule has 1 saturated heterocycles. The topological polar surface area (TPSA) is 110 Å². The average Bonchev–Trinajstić information content (AvgIpc) is 3.14. The highest BCUT2D eigenvalue weighted by molar-refractivity contribution is 7.85.